The molecular weight excluding hydrogens is 460 g/mol. The molecule has 1 fully saturated rings. The van der Waals surface area contributed by atoms with Crippen LogP contribution in [0.25, 0.3) is 0 Å². The minimum Gasteiger partial charge on any atom is -0.368 e. The number of amides is 2. The van der Waals surface area contributed by atoms with Crippen LogP contribution in [-0.2, 0) is 30.8 Å². The van der Waals surface area contributed by atoms with Crippen LogP contribution in [0.15, 0.2) is 42.5 Å². The second-order valence-electron chi connectivity index (χ2n) is 9.11. The molecule has 5 rings (SSSR count). The third-order valence-electron chi connectivity index (χ3n) is 6.74. The van der Waals surface area contributed by atoms with E-state index in [1.54, 1.807) is 11.3 Å². The van der Waals surface area contributed by atoms with Crippen molar-refractivity contribution in [3.05, 3.63) is 64.3 Å². The number of hydrogen-bond acceptors (Lipinski definition) is 6. The second kappa shape index (κ2) is 10.2. The fourth-order valence-corrected chi connectivity index (χ4v) is 5.99. The lowest BCUT2D eigenvalue weighted by Crippen LogP contribution is -2.49. The predicted octanol–water partition coefficient (Wildman–Crippen LogP) is 3.44. The molecule has 35 heavy (non-hydrogen) atoms. The number of para-hydroxylation sites is 1. The topological polar surface area (TPSA) is 73.7 Å². The van der Waals surface area contributed by atoms with E-state index >= 15 is 0 Å². The third-order valence-corrected chi connectivity index (χ3v) is 7.73. The fraction of sp³-hybridized carbons (Fsp3) is 0.423. The minimum absolute atomic E-state index is 0.0482. The van der Waals surface area contributed by atoms with Gasteiger partial charge in [0.15, 0.2) is 5.69 Å². The van der Waals surface area contributed by atoms with Crippen LogP contribution in [0.4, 0.5) is 10.7 Å². The van der Waals surface area contributed by atoms with Gasteiger partial charge in [0.2, 0.25) is 5.91 Å². The summed E-state index contributed by atoms with van der Waals surface area (Å²) in [6.45, 7) is 9.87. The van der Waals surface area contributed by atoms with Gasteiger partial charge in [0, 0.05) is 87.5 Å². The summed E-state index contributed by atoms with van der Waals surface area (Å²) in [5.41, 5.74) is 4.09. The highest BCUT2D eigenvalue weighted by Crippen LogP contribution is 2.28. The first-order chi connectivity index (χ1) is 17.0. The van der Waals surface area contributed by atoms with Crippen molar-refractivity contribution in [2.45, 2.75) is 39.9 Å². The first-order valence-corrected chi connectivity index (χ1v) is 13.1. The number of fused-ring (bicyclic) bond motifs is 1. The molecule has 0 radical (unpaired) electrons. The van der Waals surface area contributed by atoms with E-state index in [4.69, 9.17) is 5.10 Å². The molecule has 8 nitrogen and oxygen atoms in total. The van der Waals surface area contributed by atoms with Crippen molar-refractivity contribution < 1.29 is 9.59 Å². The standard InChI is InChI=1S/C26H32N6O2S/c1-3-32-23-11-12-29(17-21-9-10-24(35-21)27-19(2)33)18-22(23)25(28-32)26(34)31-15-13-30(14-16-31)20-7-5-4-6-8-20/h4-10H,3,11-18H2,1-2H3,(H,27,33). The van der Waals surface area contributed by atoms with E-state index in [0.29, 0.717) is 25.3 Å². The van der Waals surface area contributed by atoms with Crippen LogP contribution in [-0.4, -0.2) is 64.1 Å². The smallest absolute Gasteiger partial charge is 0.274 e. The van der Waals surface area contributed by atoms with E-state index < -0.39 is 0 Å². The minimum atomic E-state index is -0.0549. The fourth-order valence-electron chi connectivity index (χ4n) is 5.00. The lowest BCUT2D eigenvalue weighted by atomic mass is 10.0. The van der Waals surface area contributed by atoms with E-state index in [1.807, 2.05) is 21.7 Å². The summed E-state index contributed by atoms with van der Waals surface area (Å²) in [7, 11) is 0. The number of anilines is 2. The molecule has 0 saturated carbocycles. The van der Waals surface area contributed by atoms with Gasteiger partial charge in [0.25, 0.3) is 5.91 Å². The summed E-state index contributed by atoms with van der Waals surface area (Å²) in [6, 6.07) is 14.4. The average molecular weight is 493 g/mol. The van der Waals surface area contributed by atoms with Gasteiger partial charge >= 0.3 is 0 Å². The van der Waals surface area contributed by atoms with E-state index in [0.717, 1.165) is 49.7 Å². The number of aromatic nitrogens is 2. The quantitative estimate of drug-likeness (QED) is 0.571. The summed E-state index contributed by atoms with van der Waals surface area (Å²) >= 11 is 1.60. The van der Waals surface area contributed by atoms with Gasteiger partial charge in [0.1, 0.15) is 0 Å². The molecule has 0 atom stereocenters. The zero-order chi connectivity index (χ0) is 24.4. The number of thiophene rings is 1. The maximum Gasteiger partial charge on any atom is 0.274 e. The molecule has 2 aliphatic heterocycles. The molecule has 1 N–H and O–H groups in total. The number of carbonyl (C=O) groups is 2. The van der Waals surface area contributed by atoms with Gasteiger partial charge in [-0.05, 0) is 31.2 Å². The highest BCUT2D eigenvalue weighted by atomic mass is 32.1. The molecule has 1 saturated heterocycles. The molecule has 2 aliphatic rings. The Morgan fingerprint density at radius 3 is 2.51 bits per heavy atom. The molecule has 3 aromatic rings. The Bertz CT molecular complexity index is 1200. The van der Waals surface area contributed by atoms with Crippen molar-refractivity contribution in [2.24, 2.45) is 0 Å². The lowest BCUT2D eigenvalue weighted by molar-refractivity contribution is -0.114. The van der Waals surface area contributed by atoms with E-state index in [2.05, 4.69) is 52.4 Å². The lowest BCUT2D eigenvalue weighted by Gasteiger charge is -2.36. The largest absolute Gasteiger partial charge is 0.368 e. The molecule has 184 valence electrons. The Balaban J connectivity index is 1.28. The molecule has 2 amide bonds. The van der Waals surface area contributed by atoms with Crippen molar-refractivity contribution in [1.82, 2.24) is 19.6 Å². The maximum atomic E-state index is 13.6. The average Bonchev–Trinajstić information content (AvgIpc) is 3.47. The van der Waals surface area contributed by atoms with Crippen molar-refractivity contribution in [2.75, 3.05) is 42.9 Å². The predicted molar refractivity (Wildman–Crippen MR) is 139 cm³/mol. The van der Waals surface area contributed by atoms with Crippen LogP contribution >= 0.6 is 11.3 Å². The molecule has 2 aromatic heterocycles. The van der Waals surface area contributed by atoms with Crippen LogP contribution in [0.3, 0.4) is 0 Å². The van der Waals surface area contributed by atoms with Crippen LogP contribution in [0.1, 0.15) is 40.5 Å². The number of hydrogen-bond donors (Lipinski definition) is 1. The Morgan fingerprint density at radius 2 is 1.80 bits per heavy atom. The Labute approximate surface area is 210 Å². The number of rotatable bonds is 6. The van der Waals surface area contributed by atoms with Gasteiger partial charge in [-0.25, -0.2) is 0 Å². The molecule has 0 aliphatic carbocycles. The van der Waals surface area contributed by atoms with Crippen LogP contribution in [0.2, 0.25) is 0 Å². The van der Waals surface area contributed by atoms with Crippen molar-refractivity contribution >= 4 is 33.8 Å². The van der Waals surface area contributed by atoms with Gasteiger partial charge in [0.05, 0.1) is 5.00 Å². The molecule has 0 unspecified atom stereocenters. The zero-order valence-electron chi connectivity index (χ0n) is 20.4. The molecular formula is C26H32N6O2S. The summed E-state index contributed by atoms with van der Waals surface area (Å²) in [6.07, 6.45) is 0.884. The number of aryl methyl sites for hydroxylation is 1. The van der Waals surface area contributed by atoms with E-state index in [9.17, 15) is 9.59 Å². The number of piperazine rings is 1. The Kier molecular flexibility index (Phi) is 6.88. The second-order valence-corrected chi connectivity index (χ2v) is 10.3. The zero-order valence-corrected chi connectivity index (χ0v) is 21.2. The van der Waals surface area contributed by atoms with Crippen LogP contribution in [0, 0.1) is 0 Å². The molecule has 1 aromatic carbocycles. The monoisotopic (exact) mass is 492 g/mol. The van der Waals surface area contributed by atoms with Gasteiger partial charge in [-0.1, -0.05) is 18.2 Å². The van der Waals surface area contributed by atoms with Gasteiger partial charge in [-0.2, -0.15) is 5.10 Å². The number of nitrogens with one attached hydrogen (secondary N) is 1. The number of carbonyl (C=O) groups excluding carboxylic acids is 2. The van der Waals surface area contributed by atoms with Crippen molar-refractivity contribution in [1.29, 1.82) is 0 Å². The molecule has 0 spiro atoms. The Hall–Kier alpha value is -3.17. The first kappa shape index (κ1) is 23.6. The highest BCUT2D eigenvalue weighted by molar-refractivity contribution is 7.16. The first-order valence-electron chi connectivity index (χ1n) is 12.3. The van der Waals surface area contributed by atoms with Crippen molar-refractivity contribution in [3.8, 4) is 0 Å². The van der Waals surface area contributed by atoms with Crippen LogP contribution < -0.4 is 10.2 Å². The molecule has 9 heteroatoms. The highest BCUT2D eigenvalue weighted by Gasteiger charge is 2.31. The van der Waals surface area contributed by atoms with Gasteiger partial charge in [-0.15, -0.1) is 11.3 Å². The summed E-state index contributed by atoms with van der Waals surface area (Å²) in [4.78, 5) is 32.8. The summed E-state index contributed by atoms with van der Waals surface area (Å²) < 4.78 is 2.01. The summed E-state index contributed by atoms with van der Waals surface area (Å²) in [5, 5.41) is 8.51. The maximum absolute atomic E-state index is 13.6. The number of nitrogens with zero attached hydrogens (tertiary/aromatic N) is 5. The van der Waals surface area contributed by atoms with Gasteiger partial charge in [-0.3, -0.25) is 19.2 Å². The van der Waals surface area contributed by atoms with E-state index in [-0.39, 0.29) is 11.8 Å². The van der Waals surface area contributed by atoms with Gasteiger partial charge < -0.3 is 15.1 Å². The van der Waals surface area contributed by atoms with E-state index in [1.165, 1.54) is 23.2 Å². The normalized spacial score (nSPS) is 16.3. The third kappa shape index (κ3) is 5.11. The SMILES string of the molecule is CCn1nc(C(=O)N2CCN(c3ccccc3)CC2)c2c1CCN(Cc1ccc(NC(C)=O)s1)C2. The molecule has 4 heterocycles. The summed E-state index contributed by atoms with van der Waals surface area (Å²) in [5.74, 6) is -0.00664. The molecule has 0 bridgehead atoms. The van der Waals surface area contributed by atoms with Crippen molar-refractivity contribution in [3.63, 3.8) is 0 Å². The van der Waals surface area contributed by atoms with Crippen LogP contribution in [0.5, 0.6) is 0 Å². The number of benzene rings is 1. The Morgan fingerprint density at radius 1 is 1.03 bits per heavy atom.